The highest BCUT2D eigenvalue weighted by Crippen LogP contribution is 2.42. The summed E-state index contributed by atoms with van der Waals surface area (Å²) in [6.45, 7) is 1.90. The molecule has 4 rings (SSSR count). The third-order valence-electron chi connectivity index (χ3n) is 5.08. The van der Waals surface area contributed by atoms with Crippen molar-refractivity contribution in [2.45, 2.75) is 18.4 Å². The van der Waals surface area contributed by atoms with E-state index in [9.17, 15) is 14.7 Å². The number of aromatic hydroxyl groups is 1. The Balaban J connectivity index is 1.61. The van der Waals surface area contributed by atoms with E-state index >= 15 is 0 Å². The molecule has 2 atom stereocenters. The standard InChI is InChI=1S/C17H17Cl2N3O3/c18-12-1-2-13(23)16(17(12)19)9-3-11-7-21(8-15(25)22(11)6-9)10-4-14(24)20-5-10/h1-3,9-10,23H,4-8H2,(H,20,24)/t9-,10?/m0/s1. The first-order valence-electron chi connectivity index (χ1n) is 8.12. The number of amides is 2. The van der Waals surface area contributed by atoms with Crippen LogP contribution in [-0.4, -0.2) is 58.9 Å². The van der Waals surface area contributed by atoms with E-state index in [-0.39, 0.29) is 29.5 Å². The second-order valence-corrected chi connectivity index (χ2v) is 7.42. The van der Waals surface area contributed by atoms with Gasteiger partial charge in [0.2, 0.25) is 11.8 Å². The van der Waals surface area contributed by atoms with Crippen LogP contribution in [0, 0.1) is 0 Å². The lowest BCUT2D eigenvalue weighted by Crippen LogP contribution is -2.51. The average molecular weight is 382 g/mol. The Morgan fingerprint density at radius 2 is 2.00 bits per heavy atom. The molecular weight excluding hydrogens is 365 g/mol. The maximum atomic E-state index is 12.6. The van der Waals surface area contributed by atoms with Crippen molar-refractivity contribution in [2.75, 3.05) is 26.2 Å². The van der Waals surface area contributed by atoms with Crippen LogP contribution in [-0.2, 0) is 9.59 Å². The van der Waals surface area contributed by atoms with Crippen molar-refractivity contribution in [3.8, 4) is 5.75 Å². The summed E-state index contributed by atoms with van der Waals surface area (Å²) in [7, 11) is 0. The lowest BCUT2D eigenvalue weighted by Gasteiger charge is -2.36. The Labute approximate surface area is 155 Å². The summed E-state index contributed by atoms with van der Waals surface area (Å²) < 4.78 is 0. The number of phenolic OH excluding ortho intramolecular Hbond substituents is 1. The van der Waals surface area contributed by atoms with Crippen LogP contribution in [0.3, 0.4) is 0 Å². The number of carbonyl (C=O) groups excluding carboxylic acids is 2. The van der Waals surface area contributed by atoms with Crippen LogP contribution in [0.25, 0.3) is 0 Å². The highest BCUT2D eigenvalue weighted by Gasteiger charge is 2.39. The minimum absolute atomic E-state index is 0.00279. The second kappa shape index (κ2) is 6.20. The first-order chi connectivity index (χ1) is 11.9. The number of hydrogen-bond donors (Lipinski definition) is 2. The molecular formula is C17H17Cl2N3O3. The van der Waals surface area contributed by atoms with Crippen LogP contribution in [0.1, 0.15) is 17.9 Å². The summed E-state index contributed by atoms with van der Waals surface area (Å²) in [5.74, 6) is -0.106. The van der Waals surface area contributed by atoms with E-state index in [1.165, 1.54) is 6.07 Å². The minimum atomic E-state index is -0.201. The maximum Gasteiger partial charge on any atom is 0.240 e. The molecule has 1 aromatic carbocycles. The fourth-order valence-corrected chi connectivity index (χ4v) is 4.27. The zero-order chi connectivity index (χ0) is 17.7. The van der Waals surface area contributed by atoms with Crippen molar-refractivity contribution in [2.24, 2.45) is 0 Å². The SMILES string of the molecule is O=C1CC(N2CC(=O)N3C[C@@H](c4c(O)ccc(Cl)c4Cl)C=C3C2)CN1. The number of fused-ring (bicyclic) bond motifs is 1. The van der Waals surface area contributed by atoms with Gasteiger partial charge in [-0.1, -0.05) is 29.3 Å². The Hall–Kier alpha value is -1.76. The topological polar surface area (TPSA) is 72.9 Å². The third kappa shape index (κ3) is 2.88. The summed E-state index contributed by atoms with van der Waals surface area (Å²) >= 11 is 12.4. The van der Waals surface area contributed by atoms with Gasteiger partial charge in [-0.25, -0.2) is 0 Å². The zero-order valence-corrected chi connectivity index (χ0v) is 14.8. The van der Waals surface area contributed by atoms with Gasteiger partial charge < -0.3 is 15.3 Å². The molecule has 3 aliphatic rings. The molecule has 2 N–H and O–H groups in total. The predicted octanol–water partition coefficient (Wildman–Crippen LogP) is 1.71. The Morgan fingerprint density at radius 1 is 1.20 bits per heavy atom. The summed E-state index contributed by atoms with van der Waals surface area (Å²) in [6.07, 6.45) is 2.39. The molecule has 1 unspecified atom stereocenters. The van der Waals surface area contributed by atoms with Crippen molar-refractivity contribution in [3.05, 3.63) is 39.5 Å². The predicted molar refractivity (Wildman–Crippen MR) is 93.7 cm³/mol. The Morgan fingerprint density at radius 3 is 2.72 bits per heavy atom. The number of nitrogens with one attached hydrogen (secondary N) is 1. The number of piperazine rings is 1. The lowest BCUT2D eigenvalue weighted by atomic mass is 9.99. The molecule has 0 radical (unpaired) electrons. The molecule has 8 heteroatoms. The van der Waals surface area contributed by atoms with E-state index in [2.05, 4.69) is 5.32 Å². The summed E-state index contributed by atoms with van der Waals surface area (Å²) in [6, 6.07) is 3.11. The van der Waals surface area contributed by atoms with E-state index in [1.54, 1.807) is 11.0 Å². The van der Waals surface area contributed by atoms with Gasteiger partial charge in [-0.05, 0) is 12.1 Å². The van der Waals surface area contributed by atoms with Crippen molar-refractivity contribution >= 4 is 35.0 Å². The number of benzene rings is 1. The monoisotopic (exact) mass is 381 g/mol. The number of hydrogen-bond acceptors (Lipinski definition) is 4. The van der Waals surface area contributed by atoms with Crippen molar-refractivity contribution in [1.82, 2.24) is 15.1 Å². The van der Waals surface area contributed by atoms with Crippen LogP contribution in [0.4, 0.5) is 0 Å². The fourth-order valence-electron chi connectivity index (χ4n) is 3.80. The van der Waals surface area contributed by atoms with Gasteiger partial charge in [-0.15, -0.1) is 0 Å². The second-order valence-electron chi connectivity index (χ2n) is 6.63. The van der Waals surface area contributed by atoms with Gasteiger partial charge in [0.05, 0.1) is 16.6 Å². The van der Waals surface area contributed by atoms with Gasteiger partial charge in [0.25, 0.3) is 0 Å². The highest BCUT2D eigenvalue weighted by atomic mass is 35.5. The highest BCUT2D eigenvalue weighted by molar-refractivity contribution is 6.42. The van der Waals surface area contributed by atoms with Crippen molar-refractivity contribution < 1.29 is 14.7 Å². The zero-order valence-electron chi connectivity index (χ0n) is 13.3. The van der Waals surface area contributed by atoms with E-state index in [4.69, 9.17) is 23.2 Å². The number of halogens is 2. The molecule has 6 nitrogen and oxygen atoms in total. The minimum Gasteiger partial charge on any atom is -0.508 e. The Bertz CT molecular complexity index is 796. The Kier molecular flexibility index (Phi) is 4.14. The molecule has 2 saturated heterocycles. The third-order valence-corrected chi connectivity index (χ3v) is 5.90. The summed E-state index contributed by atoms with van der Waals surface area (Å²) in [4.78, 5) is 27.8. The van der Waals surface area contributed by atoms with Crippen LogP contribution in [0.15, 0.2) is 23.9 Å². The van der Waals surface area contributed by atoms with Gasteiger partial charge in [0.1, 0.15) is 5.75 Å². The van der Waals surface area contributed by atoms with E-state index in [0.717, 1.165) is 5.70 Å². The normalized spacial score (nSPS) is 26.6. The molecule has 0 aromatic heterocycles. The number of nitrogens with zero attached hydrogens (tertiary/aromatic N) is 2. The van der Waals surface area contributed by atoms with Crippen LogP contribution >= 0.6 is 23.2 Å². The summed E-state index contributed by atoms with van der Waals surface area (Å²) in [5, 5.41) is 13.7. The number of phenols is 1. The van der Waals surface area contributed by atoms with Gasteiger partial charge in [-0.2, -0.15) is 0 Å². The fraction of sp³-hybridized carbons (Fsp3) is 0.412. The van der Waals surface area contributed by atoms with Gasteiger partial charge >= 0.3 is 0 Å². The molecule has 25 heavy (non-hydrogen) atoms. The molecule has 3 aliphatic heterocycles. The van der Waals surface area contributed by atoms with Gasteiger partial charge in [0, 0.05) is 49.3 Å². The molecule has 0 bridgehead atoms. The first kappa shape index (κ1) is 16.7. The van der Waals surface area contributed by atoms with E-state index in [1.807, 2.05) is 11.0 Å². The maximum absolute atomic E-state index is 12.6. The first-order valence-corrected chi connectivity index (χ1v) is 8.88. The molecule has 3 heterocycles. The average Bonchev–Trinajstić information content (AvgIpc) is 3.18. The largest absolute Gasteiger partial charge is 0.508 e. The molecule has 1 aromatic rings. The number of rotatable bonds is 2. The molecule has 0 spiro atoms. The molecule has 0 saturated carbocycles. The molecule has 2 amide bonds. The van der Waals surface area contributed by atoms with Crippen LogP contribution in [0.2, 0.25) is 10.0 Å². The van der Waals surface area contributed by atoms with Gasteiger partial charge in [0.15, 0.2) is 0 Å². The van der Waals surface area contributed by atoms with Crippen LogP contribution < -0.4 is 5.32 Å². The smallest absolute Gasteiger partial charge is 0.240 e. The molecule has 0 aliphatic carbocycles. The van der Waals surface area contributed by atoms with Crippen molar-refractivity contribution in [3.63, 3.8) is 0 Å². The van der Waals surface area contributed by atoms with Crippen LogP contribution in [0.5, 0.6) is 5.75 Å². The van der Waals surface area contributed by atoms with E-state index in [0.29, 0.717) is 48.2 Å². The van der Waals surface area contributed by atoms with Gasteiger partial charge in [-0.3, -0.25) is 14.5 Å². The lowest BCUT2D eigenvalue weighted by molar-refractivity contribution is -0.133. The molecule has 132 valence electrons. The number of carbonyl (C=O) groups is 2. The quantitative estimate of drug-likeness (QED) is 0.817. The van der Waals surface area contributed by atoms with E-state index < -0.39 is 0 Å². The van der Waals surface area contributed by atoms with Crippen molar-refractivity contribution in [1.29, 1.82) is 0 Å². The molecule has 2 fully saturated rings. The summed E-state index contributed by atoms with van der Waals surface area (Å²) in [5.41, 5.74) is 1.43.